The van der Waals surface area contributed by atoms with Crippen LogP contribution in [0, 0.1) is 58.4 Å². The maximum absolute atomic E-state index is 9.37. The molecule has 6 unspecified atom stereocenters. The molecule has 4 rings (SSSR count). The zero-order valence-electron chi connectivity index (χ0n) is 16.0. The molecule has 2 heterocycles. The Hall–Kier alpha value is -2.46. The molecule has 0 radical (unpaired) electrons. The number of rotatable bonds is 2. The minimum absolute atomic E-state index is 0.391. The lowest BCUT2D eigenvalue weighted by molar-refractivity contribution is 0.170. The lowest BCUT2D eigenvalue weighted by atomic mass is 9.67. The van der Waals surface area contributed by atoms with E-state index in [2.05, 4.69) is 38.7 Å². The molecule has 0 amide bonds. The third kappa shape index (κ3) is 2.71. The van der Waals surface area contributed by atoms with Crippen LogP contribution in [0.4, 0.5) is 0 Å². The van der Waals surface area contributed by atoms with E-state index < -0.39 is 0 Å². The highest BCUT2D eigenvalue weighted by molar-refractivity contribution is 5.30. The van der Waals surface area contributed by atoms with Gasteiger partial charge in [0.15, 0.2) is 12.4 Å². The molecule has 6 atom stereocenters. The monoisotopic (exact) mass is 360 g/mol. The minimum atomic E-state index is 0.391. The number of likely N-dealkylation sites (tertiary alicyclic amines) is 2. The maximum Gasteiger partial charge on any atom is 0.188 e. The number of fused-ring (bicyclic) bond motifs is 2. The molecule has 0 bridgehead atoms. The van der Waals surface area contributed by atoms with Crippen LogP contribution in [0.3, 0.4) is 0 Å². The molecule has 4 heteroatoms. The van der Waals surface area contributed by atoms with Gasteiger partial charge in [-0.15, -0.1) is 0 Å². The average Bonchev–Trinajstić information content (AvgIpc) is 3.05. The summed E-state index contributed by atoms with van der Waals surface area (Å²) < 4.78 is 0. The van der Waals surface area contributed by atoms with E-state index in [1.807, 2.05) is 0 Å². The van der Waals surface area contributed by atoms with Crippen LogP contribution in [0.2, 0.25) is 0 Å². The van der Waals surface area contributed by atoms with Crippen LogP contribution in [0.25, 0.3) is 0 Å². The normalized spacial score (nSPS) is 38.4. The van der Waals surface area contributed by atoms with Gasteiger partial charge in [-0.2, -0.15) is 10.5 Å². The second-order valence-corrected chi connectivity index (χ2v) is 8.86. The zero-order chi connectivity index (χ0) is 19.3. The molecule has 4 nitrogen and oxygen atoms in total. The van der Waals surface area contributed by atoms with E-state index in [4.69, 9.17) is 0 Å². The van der Waals surface area contributed by atoms with Crippen LogP contribution in [0.1, 0.15) is 44.9 Å². The van der Waals surface area contributed by atoms with Crippen molar-refractivity contribution in [3.05, 3.63) is 49.1 Å². The molecule has 2 saturated heterocycles. The number of hydrogen-bond donors (Lipinski definition) is 0. The van der Waals surface area contributed by atoms with Crippen LogP contribution in [0.15, 0.2) is 49.1 Å². The van der Waals surface area contributed by atoms with Crippen molar-refractivity contribution in [2.24, 2.45) is 35.5 Å². The highest BCUT2D eigenvalue weighted by atomic mass is 15.2. The van der Waals surface area contributed by atoms with Gasteiger partial charge in [0, 0.05) is 46.5 Å². The van der Waals surface area contributed by atoms with Gasteiger partial charge in [0.1, 0.15) is 0 Å². The topological polar surface area (TPSA) is 54.1 Å². The van der Waals surface area contributed by atoms with Crippen molar-refractivity contribution in [2.45, 2.75) is 44.9 Å². The van der Waals surface area contributed by atoms with Crippen molar-refractivity contribution < 1.29 is 0 Å². The molecule has 2 saturated carbocycles. The van der Waals surface area contributed by atoms with Crippen molar-refractivity contribution in [1.82, 2.24) is 9.80 Å². The molecule has 0 aromatic heterocycles. The SMILES string of the molecule is C=C1C2CCC(CC3CCC4C(=C)N(C#N)C(=C)C4C3)CC2C(=C)N1C#N. The van der Waals surface area contributed by atoms with E-state index in [1.54, 1.807) is 9.80 Å². The lowest BCUT2D eigenvalue weighted by Crippen LogP contribution is -2.27. The molecule has 27 heavy (non-hydrogen) atoms. The summed E-state index contributed by atoms with van der Waals surface area (Å²) in [4.78, 5) is 3.32. The van der Waals surface area contributed by atoms with E-state index in [0.29, 0.717) is 35.5 Å². The van der Waals surface area contributed by atoms with Crippen LogP contribution in [-0.4, -0.2) is 9.80 Å². The smallest absolute Gasteiger partial charge is 0.188 e. The molecule has 0 N–H and O–H groups in total. The van der Waals surface area contributed by atoms with E-state index in [9.17, 15) is 10.5 Å². The first-order chi connectivity index (χ1) is 13.0. The highest BCUT2D eigenvalue weighted by Gasteiger charge is 2.46. The molecular formula is C23H28N4. The van der Waals surface area contributed by atoms with Crippen molar-refractivity contribution in [2.75, 3.05) is 0 Å². The van der Waals surface area contributed by atoms with Gasteiger partial charge in [0.05, 0.1) is 0 Å². The maximum atomic E-state index is 9.37. The number of allylic oxidation sites excluding steroid dienone is 4. The summed E-state index contributed by atoms with van der Waals surface area (Å²) >= 11 is 0. The first kappa shape index (κ1) is 17.9. The van der Waals surface area contributed by atoms with Crippen LogP contribution in [0.5, 0.6) is 0 Å². The lowest BCUT2D eigenvalue weighted by Gasteiger charge is -2.36. The highest BCUT2D eigenvalue weighted by Crippen LogP contribution is 2.53. The summed E-state index contributed by atoms with van der Waals surface area (Å²) in [5.41, 5.74) is 3.80. The van der Waals surface area contributed by atoms with Crippen LogP contribution < -0.4 is 0 Å². The Bertz CT molecular complexity index is 728. The second-order valence-electron chi connectivity index (χ2n) is 8.86. The van der Waals surface area contributed by atoms with Gasteiger partial charge < -0.3 is 0 Å². The molecule has 2 aliphatic heterocycles. The van der Waals surface area contributed by atoms with E-state index in [0.717, 1.165) is 48.5 Å². The van der Waals surface area contributed by atoms with Gasteiger partial charge in [0.2, 0.25) is 0 Å². The Morgan fingerprint density at radius 3 is 1.41 bits per heavy atom. The largest absolute Gasteiger partial charge is 0.257 e. The Labute approximate surface area is 162 Å². The predicted molar refractivity (Wildman–Crippen MR) is 105 cm³/mol. The molecule has 2 aliphatic carbocycles. The Morgan fingerprint density at radius 1 is 0.667 bits per heavy atom. The Balaban J connectivity index is 1.39. The fourth-order valence-electron chi connectivity index (χ4n) is 6.24. The summed E-state index contributed by atoms with van der Waals surface area (Å²) in [6.07, 6.45) is 12.7. The van der Waals surface area contributed by atoms with Gasteiger partial charge in [-0.3, -0.25) is 9.80 Å². The van der Waals surface area contributed by atoms with Crippen molar-refractivity contribution in [3.63, 3.8) is 0 Å². The standard InChI is InChI=1S/C23H28N4/c1-14-20-7-5-18(10-22(20)16(3)26(14)12-24)9-19-6-8-21-15(2)27(13-25)17(4)23(21)11-19/h18-23H,1-11H2. The third-order valence-electron chi connectivity index (χ3n) is 7.65. The summed E-state index contributed by atoms with van der Waals surface area (Å²) in [5.74, 6) is 2.99. The van der Waals surface area contributed by atoms with E-state index in [1.165, 1.54) is 19.3 Å². The van der Waals surface area contributed by atoms with Gasteiger partial charge >= 0.3 is 0 Å². The zero-order valence-corrected chi connectivity index (χ0v) is 16.0. The van der Waals surface area contributed by atoms with E-state index in [-0.39, 0.29) is 0 Å². The number of nitrogens with zero attached hydrogens (tertiary/aromatic N) is 4. The summed E-state index contributed by atoms with van der Waals surface area (Å²) in [6, 6.07) is 0. The molecule has 0 aromatic rings. The molecule has 4 fully saturated rings. The second kappa shape index (κ2) is 6.61. The molecular weight excluding hydrogens is 332 g/mol. The molecule has 140 valence electrons. The minimum Gasteiger partial charge on any atom is -0.257 e. The molecule has 0 aromatic carbocycles. The fraction of sp³-hybridized carbons (Fsp3) is 0.565. The average molecular weight is 361 g/mol. The molecule has 4 aliphatic rings. The van der Waals surface area contributed by atoms with Gasteiger partial charge in [0.25, 0.3) is 0 Å². The van der Waals surface area contributed by atoms with Crippen LogP contribution in [-0.2, 0) is 0 Å². The predicted octanol–water partition coefficient (Wildman–Crippen LogP) is 5.09. The van der Waals surface area contributed by atoms with Crippen molar-refractivity contribution in [1.29, 1.82) is 10.5 Å². The quantitative estimate of drug-likeness (QED) is 0.644. The van der Waals surface area contributed by atoms with Crippen molar-refractivity contribution >= 4 is 0 Å². The fourth-order valence-corrected chi connectivity index (χ4v) is 6.24. The number of nitriles is 2. The van der Waals surface area contributed by atoms with E-state index >= 15 is 0 Å². The summed E-state index contributed by atoms with van der Waals surface area (Å²) in [5, 5.41) is 18.7. The third-order valence-corrected chi connectivity index (χ3v) is 7.65. The first-order valence-electron chi connectivity index (χ1n) is 10.1. The van der Waals surface area contributed by atoms with Crippen molar-refractivity contribution in [3.8, 4) is 12.4 Å². The van der Waals surface area contributed by atoms with Gasteiger partial charge in [-0.05, 0) is 56.8 Å². The number of hydrogen-bond acceptors (Lipinski definition) is 4. The Kier molecular flexibility index (Phi) is 4.39. The van der Waals surface area contributed by atoms with Crippen LogP contribution >= 0.6 is 0 Å². The van der Waals surface area contributed by atoms with Gasteiger partial charge in [-0.1, -0.05) is 26.3 Å². The first-order valence-corrected chi connectivity index (χ1v) is 10.1. The summed E-state index contributed by atoms with van der Waals surface area (Å²) in [6.45, 7) is 16.7. The van der Waals surface area contributed by atoms with Gasteiger partial charge in [-0.25, -0.2) is 0 Å². The Morgan fingerprint density at radius 2 is 1.04 bits per heavy atom. The summed E-state index contributed by atoms with van der Waals surface area (Å²) in [7, 11) is 0. The molecule has 0 spiro atoms.